The SMILES string of the molecule is O=C1NN(c2ccc(F)cc2)C(=O)C1=CC1=CC=CC1c1ccc([N+](=O)[O-])cc1. The number of anilines is 1. The maximum Gasteiger partial charge on any atom is 0.282 e. The Labute approximate surface area is 164 Å². The van der Waals surface area contributed by atoms with Crippen LogP contribution in [0.25, 0.3) is 0 Å². The number of nitrogens with one attached hydrogen (secondary N) is 1. The van der Waals surface area contributed by atoms with E-state index in [1.807, 2.05) is 6.08 Å². The van der Waals surface area contributed by atoms with Crippen molar-refractivity contribution in [3.05, 3.63) is 105 Å². The minimum Gasteiger partial charge on any atom is -0.267 e. The van der Waals surface area contributed by atoms with E-state index < -0.39 is 22.6 Å². The molecule has 0 aromatic heterocycles. The van der Waals surface area contributed by atoms with Gasteiger partial charge in [0.05, 0.1) is 10.6 Å². The number of halogens is 1. The zero-order valence-electron chi connectivity index (χ0n) is 14.9. The summed E-state index contributed by atoms with van der Waals surface area (Å²) in [5.41, 5.74) is 4.26. The van der Waals surface area contributed by atoms with Crippen molar-refractivity contribution in [1.82, 2.24) is 5.43 Å². The summed E-state index contributed by atoms with van der Waals surface area (Å²) in [7, 11) is 0. The van der Waals surface area contributed by atoms with Crippen molar-refractivity contribution in [3.63, 3.8) is 0 Å². The van der Waals surface area contributed by atoms with E-state index in [0.29, 0.717) is 11.3 Å². The number of nitro groups is 1. The normalized spacial score (nSPS) is 19.6. The quantitative estimate of drug-likeness (QED) is 0.375. The molecular formula is C21H14FN3O4. The highest BCUT2D eigenvalue weighted by Crippen LogP contribution is 2.33. The van der Waals surface area contributed by atoms with Crippen LogP contribution >= 0.6 is 0 Å². The van der Waals surface area contributed by atoms with Gasteiger partial charge >= 0.3 is 0 Å². The van der Waals surface area contributed by atoms with E-state index in [2.05, 4.69) is 5.43 Å². The van der Waals surface area contributed by atoms with Gasteiger partial charge in [-0.05, 0) is 41.5 Å². The average Bonchev–Trinajstić information content (AvgIpc) is 3.29. The monoisotopic (exact) mass is 391 g/mol. The van der Waals surface area contributed by atoms with Gasteiger partial charge in [0.2, 0.25) is 0 Å². The first-order valence-corrected chi connectivity index (χ1v) is 8.69. The van der Waals surface area contributed by atoms with E-state index in [-0.39, 0.29) is 17.2 Å². The van der Waals surface area contributed by atoms with E-state index in [0.717, 1.165) is 10.6 Å². The molecular weight excluding hydrogens is 377 g/mol. The van der Waals surface area contributed by atoms with Crippen LogP contribution in [0.1, 0.15) is 11.5 Å². The Balaban J connectivity index is 1.59. The molecule has 4 rings (SSSR count). The molecule has 8 heteroatoms. The molecule has 0 bridgehead atoms. The van der Waals surface area contributed by atoms with Gasteiger partial charge in [-0.2, -0.15) is 0 Å². The summed E-state index contributed by atoms with van der Waals surface area (Å²) in [6.07, 6.45) is 6.96. The number of non-ortho nitro benzene ring substituents is 1. The van der Waals surface area contributed by atoms with Crippen LogP contribution in [0.5, 0.6) is 0 Å². The maximum absolute atomic E-state index is 13.1. The van der Waals surface area contributed by atoms with E-state index in [4.69, 9.17) is 0 Å². The smallest absolute Gasteiger partial charge is 0.267 e. The van der Waals surface area contributed by atoms with Gasteiger partial charge in [0.1, 0.15) is 11.4 Å². The highest BCUT2D eigenvalue weighted by Gasteiger charge is 2.35. The number of nitrogens with zero attached hydrogens (tertiary/aromatic N) is 2. The topological polar surface area (TPSA) is 92.6 Å². The first-order chi connectivity index (χ1) is 13.9. The van der Waals surface area contributed by atoms with Crippen LogP contribution in [0.15, 0.2) is 84.0 Å². The second-order valence-electron chi connectivity index (χ2n) is 6.49. The summed E-state index contributed by atoms with van der Waals surface area (Å²) in [4.78, 5) is 35.4. The predicted molar refractivity (Wildman–Crippen MR) is 103 cm³/mol. The van der Waals surface area contributed by atoms with Gasteiger partial charge in [0.15, 0.2) is 0 Å². The summed E-state index contributed by atoms with van der Waals surface area (Å²) in [6.45, 7) is 0. The lowest BCUT2D eigenvalue weighted by Crippen LogP contribution is -2.35. The molecule has 2 aromatic carbocycles. The van der Waals surface area contributed by atoms with Gasteiger partial charge in [0, 0.05) is 18.1 Å². The minimum absolute atomic E-state index is 0.0140. The number of hydrogen-bond acceptors (Lipinski definition) is 4. The Morgan fingerprint density at radius 2 is 1.76 bits per heavy atom. The van der Waals surface area contributed by atoms with Crippen molar-refractivity contribution in [2.45, 2.75) is 5.92 Å². The average molecular weight is 391 g/mol. The number of amides is 2. The molecule has 1 aliphatic carbocycles. The lowest BCUT2D eigenvalue weighted by atomic mass is 9.92. The van der Waals surface area contributed by atoms with E-state index in [1.165, 1.54) is 42.5 Å². The van der Waals surface area contributed by atoms with Crippen LogP contribution in [0, 0.1) is 15.9 Å². The van der Waals surface area contributed by atoms with Gasteiger partial charge in [-0.15, -0.1) is 0 Å². The minimum atomic E-state index is -0.561. The van der Waals surface area contributed by atoms with Crippen molar-refractivity contribution in [2.75, 3.05) is 5.01 Å². The summed E-state index contributed by atoms with van der Waals surface area (Å²) in [5, 5.41) is 11.9. The van der Waals surface area contributed by atoms with E-state index in [9.17, 15) is 24.1 Å². The second kappa shape index (κ2) is 7.16. The van der Waals surface area contributed by atoms with Crippen molar-refractivity contribution in [2.24, 2.45) is 0 Å². The van der Waals surface area contributed by atoms with Crippen LogP contribution in [-0.2, 0) is 9.59 Å². The van der Waals surface area contributed by atoms with Crippen LogP contribution in [0.3, 0.4) is 0 Å². The van der Waals surface area contributed by atoms with Crippen molar-refractivity contribution in [3.8, 4) is 0 Å². The molecule has 0 radical (unpaired) electrons. The fourth-order valence-corrected chi connectivity index (χ4v) is 3.23. The zero-order valence-corrected chi connectivity index (χ0v) is 14.9. The van der Waals surface area contributed by atoms with Gasteiger partial charge in [-0.3, -0.25) is 25.1 Å². The highest BCUT2D eigenvalue weighted by molar-refractivity contribution is 6.29. The van der Waals surface area contributed by atoms with Crippen LogP contribution in [-0.4, -0.2) is 16.7 Å². The molecule has 7 nitrogen and oxygen atoms in total. The fourth-order valence-electron chi connectivity index (χ4n) is 3.23. The van der Waals surface area contributed by atoms with E-state index >= 15 is 0 Å². The molecule has 29 heavy (non-hydrogen) atoms. The van der Waals surface area contributed by atoms with Crippen molar-refractivity contribution >= 4 is 23.2 Å². The van der Waals surface area contributed by atoms with Crippen LogP contribution in [0.4, 0.5) is 15.8 Å². The van der Waals surface area contributed by atoms with Gasteiger partial charge in [-0.25, -0.2) is 9.40 Å². The number of nitro benzene ring substituents is 1. The summed E-state index contributed by atoms with van der Waals surface area (Å²) >= 11 is 0. The van der Waals surface area contributed by atoms with Gasteiger partial charge in [-0.1, -0.05) is 30.4 Å². The Morgan fingerprint density at radius 1 is 1.07 bits per heavy atom. The molecule has 1 N–H and O–H groups in total. The molecule has 0 spiro atoms. The molecule has 144 valence electrons. The van der Waals surface area contributed by atoms with Crippen molar-refractivity contribution in [1.29, 1.82) is 0 Å². The molecule has 2 amide bonds. The molecule has 0 saturated carbocycles. The molecule has 1 saturated heterocycles. The summed E-state index contributed by atoms with van der Waals surface area (Å²) in [6, 6.07) is 11.3. The summed E-state index contributed by atoms with van der Waals surface area (Å²) in [5.74, 6) is -1.79. The van der Waals surface area contributed by atoms with Crippen LogP contribution in [0.2, 0.25) is 0 Å². The Kier molecular flexibility index (Phi) is 4.52. The number of allylic oxidation sites excluding steroid dienone is 5. The highest BCUT2D eigenvalue weighted by atomic mass is 19.1. The molecule has 2 aliphatic rings. The largest absolute Gasteiger partial charge is 0.282 e. The molecule has 1 atom stereocenters. The third-order valence-corrected chi connectivity index (χ3v) is 4.70. The predicted octanol–water partition coefficient (Wildman–Crippen LogP) is 3.32. The Hall–Kier alpha value is -4.07. The molecule has 1 aliphatic heterocycles. The molecule has 2 aromatic rings. The number of carbonyl (C=O) groups excluding carboxylic acids is 2. The lowest BCUT2D eigenvalue weighted by Gasteiger charge is -2.14. The second-order valence-corrected chi connectivity index (χ2v) is 6.49. The number of rotatable bonds is 4. The molecule has 1 heterocycles. The standard InChI is InChI=1S/C21H14FN3O4/c22-15-6-10-16(11-7-15)24-21(27)19(20(26)23-24)12-14-2-1-3-18(14)13-4-8-17(9-5-13)25(28)29/h1-12,18H,(H,23,26). The van der Waals surface area contributed by atoms with E-state index in [1.54, 1.807) is 24.3 Å². The fraction of sp³-hybridized carbons (Fsp3) is 0.0476. The molecule has 1 fully saturated rings. The Morgan fingerprint density at radius 3 is 2.41 bits per heavy atom. The lowest BCUT2D eigenvalue weighted by molar-refractivity contribution is -0.384. The first kappa shape index (κ1) is 18.3. The zero-order chi connectivity index (χ0) is 20.5. The van der Waals surface area contributed by atoms with Gasteiger partial charge in [0.25, 0.3) is 17.5 Å². The van der Waals surface area contributed by atoms with Crippen molar-refractivity contribution < 1.29 is 18.9 Å². The third-order valence-electron chi connectivity index (χ3n) is 4.70. The number of carbonyl (C=O) groups is 2. The summed E-state index contributed by atoms with van der Waals surface area (Å²) < 4.78 is 13.1. The molecule has 1 unspecified atom stereocenters. The number of benzene rings is 2. The van der Waals surface area contributed by atoms with Gasteiger partial charge < -0.3 is 0 Å². The van der Waals surface area contributed by atoms with Crippen LogP contribution < -0.4 is 10.4 Å². The Bertz CT molecular complexity index is 1100. The maximum atomic E-state index is 13.1. The number of hydrogen-bond donors (Lipinski definition) is 1. The third kappa shape index (κ3) is 3.43. The number of hydrazine groups is 1. The first-order valence-electron chi connectivity index (χ1n) is 8.69.